The Kier molecular flexibility index (Phi) is 8.40. The van der Waals surface area contributed by atoms with E-state index in [1.807, 2.05) is 0 Å². The first-order valence-electron chi connectivity index (χ1n) is 7.15. The summed E-state index contributed by atoms with van der Waals surface area (Å²) in [5.74, 6) is 3.56. The van der Waals surface area contributed by atoms with Crippen LogP contribution in [0.25, 0.3) is 0 Å². The largest absolute Gasteiger partial charge is 0.313 e. The predicted molar refractivity (Wildman–Crippen MR) is 76.3 cm³/mol. The second-order valence-electron chi connectivity index (χ2n) is 5.14. The molecule has 2 atom stereocenters. The molecule has 1 saturated carbocycles. The fourth-order valence-electron chi connectivity index (χ4n) is 2.49. The summed E-state index contributed by atoms with van der Waals surface area (Å²) in [7, 11) is 0. The third-order valence-corrected chi connectivity index (χ3v) is 4.73. The normalized spacial score (nSPS) is 25.9. The third kappa shape index (κ3) is 6.15. The third-order valence-electron chi connectivity index (χ3n) is 3.66. The summed E-state index contributed by atoms with van der Waals surface area (Å²) in [6.07, 6.45) is 9.87. The lowest BCUT2D eigenvalue weighted by Gasteiger charge is -2.29. The molecular weight excluding hydrogens is 214 g/mol. The van der Waals surface area contributed by atoms with Gasteiger partial charge in [-0.25, -0.2) is 0 Å². The van der Waals surface area contributed by atoms with Gasteiger partial charge in [0.15, 0.2) is 0 Å². The van der Waals surface area contributed by atoms with Crippen LogP contribution in [0.4, 0.5) is 0 Å². The molecule has 0 amide bonds. The zero-order valence-electron chi connectivity index (χ0n) is 11.1. The van der Waals surface area contributed by atoms with Gasteiger partial charge in [-0.15, -0.1) is 0 Å². The highest BCUT2D eigenvalue weighted by Crippen LogP contribution is 2.23. The Labute approximate surface area is 106 Å². The highest BCUT2D eigenvalue weighted by atomic mass is 32.2. The summed E-state index contributed by atoms with van der Waals surface area (Å²) < 4.78 is 0. The van der Waals surface area contributed by atoms with Crippen molar-refractivity contribution >= 4 is 11.8 Å². The summed E-state index contributed by atoms with van der Waals surface area (Å²) >= 11 is 2.12. The molecule has 0 spiro atoms. The van der Waals surface area contributed by atoms with Gasteiger partial charge in [-0.2, -0.15) is 11.8 Å². The zero-order chi connectivity index (χ0) is 11.6. The van der Waals surface area contributed by atoms with Crippen LogP contribution < -0.4 is 5.32 Å². The molecule has 1 aliphatic carbocycles. The summed E-state index contributed by atoms with van der Waals surface area (Å²) in [6.45, 7) is 5.90. The molecule has 0 radical (unpaired) electrons. The topological polar surface area (TPSA) is 12.0 Å². The Balaban J connectivity index is 1.90. The Morgan fingerprint density at radius 1 is 1.12 bits per heavy atom. The van der Waals surface area contributed by atoms with E-state index in [-0.39, 0.29) is 0 Å². The van der Waals surface area contributed by atoms with Crippen LogP contribution in [0.1, 0.15) is 58.8 Å². The van der Waals surface area contributed by atoms with Crippen LogP contribution >= 0.6 is 11.8 Å². The van der Waals surface area contributed by atoms with Gasteiger partial charge in [-0.1, -0.05) is 39.5 Å². The van der Waals surface area contributed by atoms with E-state index in [2.05, 4.69) is 30.9 Å². The van der Waals surface area contributed by atoms with Crippen molar-refractivity contribution in [3.63, 3.8) is 0 Å². The summed E-state index contributed by atoms with van der Waals surface area (Å²) in [5.41, 5.74) is 0. The molecule has 2 heteroatoms. The minimum Gasteiger partial charge on any atom is -0.313 e. The minimum absolute atomic E-state index is 0.810. The van der Waals surface area contributed by atoms with Crippen molar-refractivity contribution in [3.8, 4) is 0 Å². The Bertz CT molecular complexity index is 161. The Morgan fingerprint density at radius 3 is 2.69 bits per heavy atom. The SMILES string of the molecule is CCCCCSCCNC1CCCCC1C. The number of unbranched alkanes of at least 4 members (excludes halogenated alkanes) is 2. The molecule has 0 heterocycles. The van der Waals surface area contributed by atoms with Crippen LogP contribution in [0.2, 0.25) is 0 Å². The average molecular weight is 243 g/mol. The molecule has 0 aromatic carbocycles. The van der Waals surface area contributed by atoms with Gasteiger partial charge >= 0.3 is 0 Å². The molecule has 16 heavy (non-hydrogen) atoms. The standard InChI is InChI=1S/C14H29NS/c1-3-4-7-11-16-12-10-15-14-9-6-5-8-13(14)2/h13-15H,3-12H2,1-2H3. The number of nitrogens with one attached hydrogen (secondary N) is 1. The van der Waals surface area contributed by atoms with Crippen LogP contribution in [-0.2, 0) is 0 Å². The monoisotopic (exact) mass is 243 g/mol. The van der Waals surface area contributed by atoms with E-state index in [0.29, 0.717) is 0 Å². The number of rotatable bonds is 8. The second-order valence-corrected chi connectivity index (χ2v) is 6.37. The Morgan fingerprint density at radius 2 is 1.94 bits per heavy atom. The molecule has 0 saturated heterocycles. The molecule has 0 aliphatic heterocycles. The predicted octanol–water partition coefficient (Wildman–Crippen LogP) is 4.08. The first-order valence-corrected chi connectivity index (χ1v) is 8.31. The molecule has 1 nitrogen and oxygen atoms in total. The number of hydrogen-bond donors (Lipinski definition) is 1. The molecule has 1 fully saturated rings. The molecule has 1 rings (SSSR count). The van der Waals surface area contributed by atoms with Gasteiger partial charge in [0, 0.05) is 18.3 Å². The maximum atomic E-state index is 3.74. The lowest BCUT2D eigenvalue weighted by molar-refractivity contribution is 0.285. The van der Waals surface area contributed by atoms with Gasteiger partial charge in [0.1, 0.15) is 0 Å². The quantitative estimate of drug-likeness (QED) is 0.645. The van der Waals surface area contributed by atoms with Gasteiger partial charge in [0.2, 0.25) is 0 Å². The van der Waals surface area contributed by atoms with E-state index in [1.54, 1.807) is 0 Å². The van der Waals surface area contributed by atoms with Crippen molar-refractivity contribution in [1.82, 2.24) is 5.32 Å². The molecule has 96 valence electrons. The maximum Gasteiger partial charge on any atom is 0.00930 e. The fraction of sp³-hybridized carbons (Fsp3) is 1.00. The van der Waals surface area contributed by atoms with Crippen molar-refractivity contribution in [2.75, 3.05) is 18.1 Å². The minimum atomic E-state index is 0.810. The van der Waals surface area contributed by atoms with Crippen LogP contribution in [-0.4, -0.2) is 24.1 Å². The molecule has 2 unspecified atom stereocenters. The number of thioether (sulfide) groups is 1. The lowest BCUT2D eigenvalue weighted by atomic mass is 9.86. The highest BCUT2D eigenvalue weighted by Gasteiger charge is 2.19. The van der Waals surface area contributed by atoms with E-state index in [9.17, 15) is 0 Å². The summed E-state index contributed by atoms with van der Waals surface area (Å²) in [6, 6.07) is 0.810. The Hall–Kier alpha value is 0.310. The van der Waals surface area contributed by atoms with E-state index in [4.69, 9.17) is 0 Å². The van der Waals surface area contributed by atoms with Gasteiger partial charge in [0.05, 0.1) is 0 Å². The van der Waals surface area contributed by atoms with Crippen LogP contribution in [0.15, 0.2) is 0 Å². The van der Waals surface area contributed by atoms with Gasteiger partial charge in [-0.3, -0.25) is 0 Å². The van der Waals surface area contributed by atoms with Crippen LogP contribution in [0, 0.1) is 5.92 Å². The van der Waals surface area contributed by atoms with Gasteiger partial charge in [0.25, 0.3) is 0 Å². The van der Waals surface area contributed by atoms with Gasteiger partial charge < -0.3 is 5.32 Å². The van der Waals surface area contributed by atoms with E-state index >= 15 is 0 Å². The number of hydrogen-bond acceptors (Lipinski definition) is 2. The van der Waals surface area contributed by atoms with Crippen molar-refractivity contribution in [2.24, 2.45) is 5.92 Å². The zero-order valence-corrected chi connectivity index (χ0v) is 12.0. The van der Waals surface area contributed by atoms with Crippen molar-refractivity contribution < 1.29 is 0 Å². The van der Waals surface area contributed by atoms with E-state index in [0.717, 1.165) is 12.0 Å². The molecule has 0 bridgehead atoms. The molecule has 0 aromatic heterocycles. The van der Waals surface area contributed by atoms with Crippen molar-refractivity contribution in [1.29, 1.82) is 0 Å². The average Bonchev–Trinajstić information content (AvgIpc) is 2.30. The van der Waals surface area contributed by atoms with Crippen molar-refractivity contribution in [2.45, 2.75) is 64.8 Å². The van der Waals surface area contributed by atoms with E-state index in [1.165, 1.54) is 63.0 Å². The first kappa shape index (κ1) is 14.4. The smallest absolute Gasteiger partial charge is 0.00930 e. The highest BCUT2D eigenvalue weighted by molar-refractivity contribution is 7.99. The lowest BCUT2D eigenvalue weighted by Crippen LogP contribution is -2.38. The van der Waals surface area contributed by atoms with E-state index < -0.39 is 0 Å². The van der Waals surface area contributed by atoms with Crippen LogP contribution in [0.5, 0.6) is 0 Å². The van der Waals surface area contributed by atoms with Gasteiger partial charge in [-0.05, 0) is 30.9 Å². The maximum absolute atomic E-state index is 3.74. The first-order chi connectivity index (χ1) is 7.84. The molecule has 1 aliphatic rings. The molecule has 1 N–H and O–H groups in total. The fourth-order valence-corrected chi connectivity index (χ4v) is 3.37. The molecule has 0 aromatic rings. The van der Waals surface area contributed by atoms with Crippen molar-refractivity contribution in [3.05, 3.63) is 0 Å². The second kappa shape index (κ2) is 9.35. The summed E-state index contributed by atoms with van der Waals surface area (Å²) in [4.78, 5) is 0. The molecular formula is C14H29NS. The van der Waals surface area contributed by atoms with Crippen LogP contribution in [0.3, 0.4) is 0 Å². The summed E-state index contributed by atoms with van der Waals surface area (Å²) in [5, 5.41) is 3.74.